The van der Waals surface area contributed by atoms with Crippen molar-refractivity contribution in [2.75, 3.05) is 6.61 Å². The Hall–Kier alpha value is -1.93. The van der Waals surface area contributed by atoms with Crippen molar-refractivity contribution in [1.29, 1.82) is 0 Å². The first-order valence-corrected chi connectivity index (χ1v) is 9.44. The SMILES string of the molecule is CCc1ccc(C(=O)CCCCCCOCc2ccc(C)cc2)cc1. The van der Waals surface area contributed by atoms with Crippen molar-refractivity contribution >= 4 is 5.78 Å². The number of carbonyl (C=O) groups is 1. The predicted octanol–water partition coefficient (Wildman–Crippen LogP) is 5.91. The largest absolute Gasteiger partial charge is 0.377 e. The quantitative estimate of drug-likeness (QED) is 0.376. The van der Waals surface area contributed by atoms with E-state index in [4.69, 9.17) is 4.74 Å². The molecule has 2 aromatic carbocycles. The number of rotatable bonds is 11. The Morgan fingerprint density at radius 3 is 2.16 bits per heavy atom. The number of hydrogen-bond donors (Lipinski definition) is 0. The lowest BCUT2D eigenvalue weighted by atomic mass is 10.0. The maximum Gasteiger partial charge on any atom is 0.162 e. The van der Waals surface area contributed by atoms with Crippen LogP contribution in [0.25, 0.3) is 0 Å². The Labute approximate surface area is 152 Å². The summed E-state index contributed by atoms with van der Waals surface area (Å²) in [5.74, 6) is 0.262. The monoisotopic (exact) mass is 338 g/mol. The van der Waals surface area contributed by atoms with E-state index in [-0.39, 0.29) is 5.78 Å². The Balaban J connectivity index is 1.51. The minimum Gasteiger partial charge on any atom is -0.377 e. The smallest absolute Gasteiger partial charge is 0.162 e. The van der Waals surface area contributed by atoms with Crippen LogP contribution in [0.5, 0.6) is 0 Å². The number of unbranched alkanes of at least 4 members (excludes halogenated alkanes) is 3. The summed E-state index contributed by atoms with van der Waals surface area (Å²) >= 11 is 0. The molecule has 2 heteroatoms. The van der Waals surface area contributed by atoms with Crippen LogP contribution >= 0.6 is 0 Å². The van der Waals surface area contributed by atoms with Crippen molar-refractivity contribution in [3.63, 3.8) is 0 Å². The maximum absolute atomic E-state index is 12.1. The fourth-order valence-electron chi connectivity index (χ4n) is 2.79. The molecule has 0 aliphatic heterocycles. The van der Waals surface area contributed by atoms with Crippen LogP contribution in [0.3, 0.4) is 0 Å². The highest BCUT2D eigenvalue weighted by Crippen LogP contribution is 2.11. The van der Waals surface area contributed by atoms with Gasteiger partial charge in [-0.1, -0.05) is 73.9 Å². The van der Waals surface area contributed by atoms with E-state index in [2.05, 4.69) is 50.2 Å². The van der Waals surface area contributed by atoms with Gasteiger partial charge in [0.2, 0.25) is 0 Å². The van der Waals surface area contributed by atoms with Gasteiger partial charge in [0.25, 0.3) is 0 Å². The van der Waals surface area contributed by atoms with Gasteiger partial charge in [0, 0.05) is 18.6 Å². The molecule has 0 N–H and O–H groups in total. The average molecular weight is 338 g/mol. The Kier molecular flexibility index (Phi) is 8.41. The molecule has 0 atom stereocenters. The fraction of sp³-hybridized carbons (Fsp3) is 0.435. The van der Waals surface area contributed by atoms with Crippen LogP contribution in [-0.2, 0) is 17.8 Å². The van der Waals surface area contributed by atoms with E-state index in [9.17, 15) is 4.79 Å². The summed E-state index contributed by atoms with van der Waals surface area (Å²) in [5, 5.41) is 0. The molecular formula is C23H30O2. The van der Waals surface area contributed by atoms with Crippen molar-refractivity contribution in [2.24, 2.45) is 0 Å². The number of aryl methyl sites for hydroxylation is 2. The first kappa shape index (κ1) is 19.4. The van der Waals surface area contributed by atoms with E-state index in [0.29, 0.717) is 13.0 Å². The Morgan fingerprint density at radius 2 is 1.48 bits per heavy atom. The molecule has 0 heterocycles. The van der Waals surface area contributed by atoms with E-state index >= 15 is 0 Å². The first-order chi connectivity index (χ1) is 12.2. The molecule has 2 aromatic rings. The second-order valence-corrected chi connectivity index (χ2v) is 6.68. The van der Waals surface area contributed by atoms with E-state index in [1.807, 2.05) is 12.1 Å². The van der Waals surface area contributed by atoms with Crippen LogP contribution in [0.15, 0.2) is 48.5 Å². The molecule has 0 spiro atoms. The molecule has 0 aliphatic carbocycles. The lowest BCUT2D eigenvalue weighted by Gasteiger charge is -2.05. The van der Waals surface area contributed by atoms with Crippen molar-refractivity contribution in [3.05, 3.63) is 70.8 Å². The van der Waals surface area contributed by atoms with Gasteiger partial charge in [0.1, 0.15) is 0 Å². The molecule has 2 rings (SSSR count). The summed E-state index contributed by atoms with van der Waals surface area (Å²) in [7, 11) is 0. The maximum atomic E-state index is 12.1. The second kappa shape index (κ2) is 10.8. The highest BCUT2D eigenvalue weighted by molar-refractivity contribution is 5.96. The van der Waals surface area contributed by atoms with Crippen LogP contribution in [0, 0.1) is 6.92 Å². The van der Waals surface area contributed by atoms with Gasteiger partial charge in [0.05, 0.1) is 6.61 Å². The molecule has 0 aromatic heterocycles. The second-order valence-electron chi connectivity index (χ2n) is 6.68. The highest BCUT2D eigenvalue weighted by atomic mass is 16.5. The zero-order valence-corrected chi connectivity index (χ0v) is 15.6. The van der Waals surface area contributed by atoms with Gasteiger partial charge < -0.3 is 4.74 Å². The van der Waals surface area contributed by atoms with Crippen molar-refractivity contribution in [2.45, 2.75) is 59.0 Å². The molecule has 0 saturated heterocycles. The number of carbonyl (C=O) groups excluding carboxylic acids is 1. The van der Waals surface area contributed by atoms with E-state index < -0.39 is 0 Å². The molecule has 0 bridgehead atoms. The van der Waals surface area contributed by atoms with Gasteiger partial charge in [-0.15, -0.1) is 0 Å². The van der Waals surface area contributed by atoms with Crippen LogP contribution in [-0.4, -0.2) is 12.4 Å². The van der Waals surface area contributed by atoms with Gasteiger partial charge in [-0.05, 0) is 37.3 Å². The molecule has 0 radical (unpaired) electrons. The third-order valence-electron chi connectivity index (χ3n) is 4.52. The standard InChI is InChI=1S/C23H30O2/c1-3-20-13-15-22(16-14-20)23(24)8-6-4-5-7-17-25-18-21-11-9-19(2)10-12-21/h9-16H,3-8,17-18H2,1-2H3. The molecule has 0 fully saturated rings. The van der Waals surface area contributed by atoms with Gasteiger partial charge in [-0.2, -0.15) is 0 Å². The van der Waals surface area contributed by atoms with Crippen molar-refractivity contribution in [3.8, 4) is 0 Å². The molecule has 0 aliphatic rings. The minimum absolute atomic E-state index is 0.262. The molecular weight excluding hydrogens is 308 g/mol. The third-order valence-corrected chi connectivity index (χ3v) is 4.52. The van der Waals surface area contributed by atoms with Crippen LogP contribution < -0.4 is 0 Å². The predicted molar refractivity (Wildman–Crippen MR) is 104 cm³/mol. The number of ketones is 1. The van der Waals surface area contributed by atoms with Crippen LogP contribution in [0.4, 0.5) is 0 Å². The van der Waals surface area contributed by atoms with Crippen molar-refractivity contribution in [1.82, 2.24) is 0 Å². The molecule has 0 saturated carbocycles. The zero-order chi connectivity index (χ0) is 17.9. The van der Waals surface area contributed by atoms with E-state index in [1.54, 1.807) is 0 Å². The Bertz CT molecular complexity index is 626. The Morgan fingerprint density at radius 1 is 0.840 bits per heavy atom. The molecule has 0 amide bonds. The number of hydrogen-bond acceptors (Lipinski definition) is 2. The van der Waals surface area contributed by atoms with Crippen molar-refractivity contribution < 1.29 is 9.53 Å². The third kappa shape index (κ3) is 7.23. The van der Waals surface area contributed by atoms with Gasteiger partial charge in [0.15, 0.2) is 5.78 Å². The lowest BCUT2D eigenvalue weighted by molar-refractivity contribution is 0.0977. The minimum atomic E-state index is 0.262. The zero-order valence-electron chi connectivity index (χ0n) is 15.6. The summed E-state index contributed by atoms with van der Waals surface area (Å²) in [6.07, 6.45) is 5.90. The fourth-order valence-corrected chi connectivity index (χ4v) is 2.79. The van der Waals surface area contributed by atoms with Gasteiger partial charge in [-0.3, -0.25) is 4.79 Å². The average Bonchev–Trinajstić information content (AvgIpc) is 2.65. The van der Waals surface area contributed by atoms with E-state index in [1.165, 1.54) is 16.7 Å². The topological polar surface area (TPSA) is 26.3 Å². The molecule has 134 valence electrons. The van der Waals surface area contributed by atoms with Gasteiger partial charge >= 0.3 is 0 Å². The summed E-state index contributed by atoms with van der Waals surface area (Å²) in [4.78, 5) is 12.1. The molecule has 25 heavy (non-hydrogen) atoms. The molecule has 2 nitrogen and oxygen atoms in total. The first-order valence-electron chi connectivity index (χ1n) is 9.44. The van der Waals surface area contributed by atoms with E-state index in [0.717, 1.165) is 44.3 Å². The number of benzene rings is 2. The normalized spacial score (nSPS) is 10.8. The summed E-state index contributed by atoms with van der Waals surface area (Å²) in [6, 6.07) is 16.5. The lowest BCUT2D eigenvalue weighted by Crippen LogP contribution is -1.99. The van der Waals surface area contributed by atoms with Gasteiger partial charge in [-0.25, -0.2) is 0 Å². The highest BCUT2D eigenvalue weighted by Gasteiger charge is 2.05. The number of Topliss-reactive ketones (excluding diaryl/α,β-unsaturated/α-hetero) is 1. The summed E-state index contributed by atoms with van der Waals surface area (Å²) in [6.45, 7) is 5.70. The number of ether oxygens (including phenoxy) is 1. The van der Waals surface area contributed by atoms with Crippen LogP contribution in [0.1, 0.15) is 66.1 Å². The van der Waals surface area contributed by atoms with Crippen LogP contribution in [0.2, 0.25) is 0 Å². The summed E-state index contributed by atoms with van der Waals surface area (Å²) in [5.41, 5.74) is 4.63. The summed E-state index contributed by atoms with van der Waals surface area (Å²) < 4.78 is 5.71. The molecule has 0 unspecified atom stereocenters.